The molecular formula is C44H46N6O4. The number of methoxy groups -OCH3 is 1. The van der Waals surface area contributed by atoms with Gasteiger partial charge in [-0.15, -0.1) is 0 Å². The summed E-state index contributed by atoms with van der Waals surface area (Å²) in [4.78, 5) is 36.7. The first-order valence-electron chi connectivity index (χ1n) is 19.1. The summed E-state index contributed by atoms with van der Waals surface area (Å²) in [6.07, 6.45) is 2.45. The van der Waals surface area contributed by atoms with E-state index in [0.29, 0.717) is 54.5 Å². The smallest absolute Gasteiger partial charge is 0.254 e. The molecule has 3 aliphatic rings. The van der Waals surface area contributed by atoms with E-state index in [4.69, 9.17) is 15.5 Å². The van der Waals surface area contributed by atoms with Crippen LogP contribution < -0.4 is 10.5 Å². The molecule has 3 fully saturated rings. The molecule has 6 aromatic rings. The van der Waals surface area contributed by atoms with Crippen LogP contribution in [0.2, 0.25) is 0 Å². The van der Waals surface area contributed by atoms with Gasteiger partial charge in [0.2, 0.25) is 0 Å². The molecule has 4 aromatic carbocycles. The number of amides is 2. The molecule has 3 atom stereocenters. The van der Waals surface area contributed by atoms with Gasteiger partial charge in [-0.2, -0.15) is 0 Å². The van der Waals surface area contributed by atoms with Gasteiger partial charge in [0.15, 0.2) is 5.82 Å². The molecule has 2 aromatic heterocycles. The van der Waals surface area contributed by atoms with Gasteiger partial charge >= 0.3 is 0 Å². The van der Waals surface area contributed by atoms with Gasteiger partial charge in [-0.25, -0.2) is 4.98 Å². The van der Waals surface area contributed by atoms with E-state index in [0.717, 1.165) is 34.7 Å². The van der Waals surface area contributed by atoms with Crippen molar-refractivity contribution in [2.24, 2.45) is 23.5 Å². The average molecular weight is 723 g/mol. The van der Waals surface area contributed by atoms with Crippen molar-refractivity contribution in [3.8, 4) is 34.1 Å². The van der Waals surface area contributed by atoms with Gasteiger partial charge < -0.3 is 34.5 Å². The number of rotatable bonds is 9. The second-order valence-corrected chi connectivity index (χ2v) is 15.7. The molecule has 1 aliphatic carbocycles. The molecule has 0 bridgehead atoms. The number of imidazole rings is 1. The number of nitrogens with zero attached hydrogens (tertiary/aromatic N) is 5. The molecule has 1 saturated carbocycles. The first-order chi connectivity index (χ1) is 26.2. The maximum Gasteiger partial charge on any atom is 0.254 e. The zero-order chi connectivity index (χ0) is 37.2. The maximum absolute atomic E-state index is 14.0. The van der Waals surface area contributed by atoms with E-state index >= 15 is 0 Å². The number of aromatic hydroxyl groups is 1. The molecule has 9 rings (SSSR count). The van der Waals surface area contributed by atoms with Crippen LogP contribution >= 0.6 is 0 Å². The second kappa shape index (κ2) is 13.4. The van der Waals surface area contributed by atoms with Crippen molar-refractivity contribution in [2.45, 2.75) is 51.9 Å². The lowest BCUT2D eigenvalue weighted by atomic mass is 9.97. The predicted octanol–water partition coefficient (Wildman–Crippen LogP) is 7.03. The molecular weight excluding hydrogens is 677 g/mol. The zero-order valence-corrected chi connectivity index (χ0v) is 31.0. The molecule has 10 heteroatoms. The SMILES string of the molecule is COc1cc(C(=O)N2CC(C)C(N)C2C)cc2nc(-c3cc4ccccc4n3CC3CC3)n(CC3CN(C(=O)c4ccc(-c5ccc(O)cc5)cc4)C3)c12. The molecule has 10 nitrogen and oxygen atoms in total. The molecule has 54 heavy (non-hydrogen) atoms. The number of carbonyl (C=O) groups excluding carboxylic acids is 2. The lowest BCUT2D eigenvalue weighted by Gasteiger charge is -2.40. The Balaban J connectivity index is 1.05. The predicted molar refractivity (Wildman–Crippen MR) is 211 cm³/mol. The number of ether oxygens (including phenoxy) is 1. The maximum atomic E-state index is 14.0. The summed E-state index contributed by atoms with van der Waals surface area (Å²) in [7, 11) is 1.65. The van der Waals surface area contributed by atoms with E-state index in [9.17, 15) is 14.7 Å². The fourth-order valence-corrected chi connectivity index (χ4v) is 8.50. The number of phenols is 1. The Morgan fingerprint density at radius 1 is 0.815 bits per heavy atom. The normalized spacial score (nSPS) is 20.2. The standard InChI is InChI=1S/C44H46N6O4/c1-26-21-48(27(2)40(26)45)44(53)34-18-36-41(39(20-34)54-3)50(42(46-36)38-19-33-6-4-5-7-37(33)49(38)24-28-8-9-28)25-29-22-47(23-29)43(52)32-12-10-30(11-13-32)31-14-16-35(51)17-15-31/h4-7,10-20,26-29,40,51H,8-9,21-25,45H2,1-3H3. The molecule has 2 aliphatic heterocycles. The Bertz CT molecular complexity index is 2390. The van der Waals surface area contributed by atoms with Gasteiger partial charge in [0.05, 0.1) is 18.3 Å². The van der Waals surface area contributed by atoms with Crippen molar-refractivity contribution in [1.82, 2.24) is 23.9 Å². The first-order valence-corrected chi connectivity index (χ1v) is 19.1. The zero-order valence-electron chi connectivity index (χ0n) is 31.0. The van der Waals surface area contributed by atoms with Crippen LogP contribution in [0.4, 0.5) is 0 Å². The highest BCUT2D eigenvalue weighted by Crippen LogP contribution is 2.40. The van der Waals surface area contributed by atoms with Gasteiger partial charge in [0, 0.05) is 72.8 Å². The first kappa shape index (κ1) is 34.2. The van der Waals surface area contributed by atoms with E-state index < -0.39 is 0 Å². The summed E-state index contributed by atoms with van der Waals surface area (Å²) < 4.78 is 10.7. The fraction of sp³-hybridized carbons (Fsp3) is 0.341. The van der Waals surface area contributed by atoms with Crippen molar-refractivity contribution >= 4 is 33.8 Å². The average Bonchev–Trinajstić information content (AvgIpc) is 3.75. The summed E-state index contributed by atoms with van der Waals surface area (Å²) in [5.74, 6) is 2.66. The van der Waals surface area contributed by atoms with E-state index in [1.54, 1.807) is 19.2 Å². The van der Waals surface area contributed by atoms with Crippen LogP contribution in [0.3, 0.4) is 0 Å². The highest BCUT2D eigenvalue weighted by molar-refractivity contribution is 6.01. The number of fused-ring (bicyclic) bond motifs is 2. The molecule has 2 saturated heterocycles. The summed E-state index contributed by atoms with van der Waals surface area (Å²) in [6, 6.07) is 29.1. The Labute approximate surface area is 314 Å². The van der Waals surface area contributed by atoms with E-state index in [1.165, 1.54) is 23.7 Å². The van der Waals surface area contributed by atoms with Gasteiger partial charge in [-0.1, -0.05) is 49.4 Å². The number of likely N-dealkylation sites (tertiary alicyclic amines) is 2. The molecule has 3 N–H and O–H groups in total. The Morgan fingerprint density at radius 3 is 2.17 bits per heavy atom. The van der Waals surface area contributed by atoms with E-state index in [2.05, 4.69) is 46.4 Å². The lowest BCUT2D eigenvalue weighted by Crippen LogP contribution is -2.51. The summed E-state index contributed by atoms with van der Waals surface area (Å²) in [6.45, 7) is 7.53. The number of benzene rings is 4. The lowest BCUT2D eigenvalue weighted by molar-refractivity contribution is 0.0471. The molecule has 276 valence electrons. The minimum Gasteiger partial charge on any atom is -0.508 e. The van der Waals surface area contributed by atoms with Crippen LogP contribution in [0.1, 0.15) is 47.4 Å². The van der Waals surface area contributed by atoms with Gasteiger partial charge in [-0.05, 0) is 91.3 Å². The van der Waals surface area contributed by atoms with Crippen LogP contribution in [-0.4, -0.2) is 79.7 Å². The van der Waals surface area contributed by atoms with Crippen LogP contribution in [0.15, 0.2) is 91.0 Å². The van der Waals surface area contributed by atoms with Gasteiger partial charge in [-0.3, -0.25) is 9.59 Å². The topological polar surface area (TPSA) is 119 Å². The number of aromatic nitrogens is 3. The van der Waals surface area contributed by atoms with Crippen LogP contribution in [-0.2, 0) is 13.1 Å². The number of para-hydroxylation sites is 1. The monoisotopic (exact) mass is 722 g/mol. The number of phenolic OH excluding ortho intramolecular Hbond substituents is 1. The minimum absolute atomic E-state index is 0.00897. The van der Waals surface area contributed by atoms with Crippen molar-refractivity contribution in [1.29, 1.82) is 0 Å². The minimum atomic E-state index is -0.0717. The van der Waals surface area contributed by atoms with Crippen molar-refractivity contribution < 1.29 is 19.4 Å². The quantitative estimate of drug-likeness (QED) is 0.166. The van der Waals surface area contributed by atoms with E-state index in [1.807, 2.05) is 65.3 Å². The third-order valence-electron chi connectivity index (χ3n) is 11.9. The molecule has 4 heterocycles. The summed E-state index contributed by atoms with van der Waals surface area (Å²) in [5, 5.41) is 10.8. The van der Waals surface area contributed by atoms with Crippen molar-refractivity contribution in [2.75, 3.05) is 26.7 Å². The van der Waals surface area contributed by atoms with Crippen LogP contribution in [0.25, 0.3) is 44.6 Å². The van der Waals surface area contributed by atoms with Crippen LogP contribution in [0, 0.1) is 17.8 Å². The molecule has 3 unspecified atom stereocenters. The van der Waals surface area contributed by atoms with Gasteiger partial charge in [0.25, 0.3) is 11.8 Å². The number of hydrogen-bond donors (Lipinski definition) is 2. The van der Waals surface area contributed by atoms with Gasteiger partial charge in [0.1, 0.15) is 17.0 Å². The molecule has 0 radical (unpaired) electrons. The Morgan fingerprint density at radius 2 is 1.50 bits per heavy atom. The van der Waals surface area contributed by atoms with Crippen LogP contribution in [0.5, 0.6) is 11.5 Å². The third kappa shape index (κ3) is 5.98. The van der Waals surface area contributed by atoms with E-state index in [-0.39, 0.29) is 41.5 Å². The number of hydrogen-bond acceptors (Lipinski definition) is 6. The van der Waals surface area contributed by atoms with Crippen molar-refractivity contribution in [3.05, 3.63) is 102 Å². The molecule has 2 amide bonds. The second-order valence-electron chi connectivity index (χ2n) is 15.7. The summed E-state index contributed by atoms with van der Waals surface area (Å²) >= 11 is 0. The van der Waals surface area contributed by atoms with Crippen molar-refractivity contribution in [3.63, 3.8) is 0 Å². The number of carbonyl (C=O) groups is 2. The number of nitrogens with two attached hydrogens (primary N) is 1. The fourth-order valence-electron chi connectivity index (χ4n) is 8.50. The Hall–Kier alpha value is -5.61. The highest BCUT2D eigenvalue weighted by atomic mass is 16.5. The Kier molecular flexibility index (Phi) is 8.45. The third-order valence-corrected chi connectivity index (χ3v) is 11.9. The largest absolute Gasteiger partial charge is 0.508 e. The summed E-state index contributed by atoms with van der Waals surface area (Å²) in [5.41, 5.74) is 13.4. The molecule has 0 spiro atoms. The highest BCUT2D eigenvalue weighted by Gasteiger charge is 2.38.